The van der Waals surface area contributed by atoms with Gasteiger partial charge in [0, 0.05) is 31.4 Å². The molecule has 2 aromatic rings. The first kappa shape index (κ1) is 26.5. The van der Waals surface area contributed by atoms with Crippen LogP contribution in [0.2, 0.25) is 0 Å². The van der Waals surface area contributed by atoms with Crippen molar-refractivity contribution in [2.45, 2.75) is 51.0 Å². The lowest BCUT2D eigenvalue weighted by molar-refractivity contribution is -0.138. The maximum atomic E-state index is 11.5. The average molecular weight is 487 g/mol. The number of aliphatic carboxylic acids is 1. The Kier molecular flexibility index (Phi) is 10.2. The number of fused-ring (bicyclic) bond motifs is 1. The van der Waals surface area contributed by atoms with E-state index in [0.717, 1.165) is 63.4 Å². The zero-order chi connectivity index (χ0) is 23.0. The SMILES string of the molecule is CN(C[C@@H]1CCCN(CCCc2ccc3c(n2)NCCC3)C1)[C@@H](CC(=O)O)c1ccccc1.Cl. The Balaban J connectivity index is 0.00000324. The van der Waals surface area contributed by atoms with Crippen molar-refractivity contribution in [3.05, 3.63) is 59.3 Å². The van der Waals surface area contributed by atoms with Crippen LogP contribution in [0.5, 0.6) is 0 Å². The molecule has 2 atom stereocenters. The van der Waals surface area contributed by atoms with E-state index in [4.69, 9.17) is 4.98 Å². The Morgan fingerprint density at radius 1 is 1.24 bits per heavy atom. The number of aromatic nitrogens is 1. The standard InChI is InChI=1S/C27H38N4O2.ClH/c1-30(25(18-26(32)33)22-9-3-2-4-10-22)19-21-8-6-16-31(20-21)17-7-12-24-14-13-23-11-5-15-28-27(23)29-24;/h2-4,9-10,13-14,21,25H,5-8,11-12,15-20H2,1H3,(H,28,29)(H,32,33);1H/t21-,25-;/m0./s1. The van der Waals surface area contributed by atoms with E-state index in [1.165, 1.54) is 30.5 Å². The lowest BCUT2D eigenvalue weighted by atomic mass is 9.95. The first-order chi connectivity index (χ1) is 16.1. The number of carbonyl (C=O) groups is 1. The van der Waals surface area contributed by atoms with E-state index in [0.29, 0.717) is 5.92 Å². The molecule has 0 spiro atoms. The third-order valence-electron chi connectivity index (χ3n) is 7.09. The summed E-state index contributed by atoms with van der Waals surface area (Å²) < 4.78 is 0. The second-order valence-electron chi connectivity index (χ2n) is 9.72. The number of carboxylic acids is 1. The Morgan fingerprint density at radius 2 is 2.06 bits per heavy atom. The molecule has 6 nitrogen and oxygen atoms in total. The molecule has 2 aliphatic heterocycles. The molecule has 186 valence electrons. The van der Waals surface area contributed by atoms with Gasteiger partial charge in [0.15, 0.2) is 0 Å². The topological polar surface area (TPSA) is 68.7 Å². The van der Waals surface area contributed by atoms with Crippen LogP contribution in [-0.4, -0.2) is 65.6 Å². The first-order valence-electron chi connectivity index (χ1n) is 12.5. The fourth-order valence-corrected chi connectivity index (χ4v) is 5.40. The van der Waals surface area contributed by atoms with Crippen LogP contribution in [0.1, 0.15) is 55.0 Å². The minimum atomic E-state index is -0.744. The number of nitrogens with one attached hydrogen (secondary N) is 1. The van der Waals surface area contributed by atoms with Crippen molar-refractivity contribution < 1.29 is 9.90 Å². The lowest BCUT2D eigenvalue weighted by Crippen LogP contribution is -2.41. The smallest absolute Gasteiger partial charge is 0.305 e. The Morgan fingerprint density at radius 3 is 2.85 bits per heavy atom. The van der Waals surface area contributed by atoms with E-state index in [2.05, 4.69) is 34.3 Å². The van der Waals surface area contributed by atoms with Gasteiger partial charge in [-0.3, -0.25) is 9.69 Å². The highest BCUT2D eigenvalue weighted by atomic mass is 35.5. The van der Waals surface area contributed by atoms with Crippen molar-refractivity contribution in [1.82, 2.24) is 14.8 Å². The Labute approximate surface area is 210 Å². The second kappa shape index (κ2) is 13.1. The Bertz CT molecular complexity index is 911. The van der Waals surface area contributed by atoms with Crippen LogP contribution in [0.4, 0.5) is 5.82 Å². The normalized spacial score (nSPS) is 19.1. The van der Waals surface area contributed by atoms with E-state index >= 15 is 0 Å². The summed E-state index contributed by atoms with van der Waals surface area (Å²) in [5, 5.41) is 12.9. The zero-order valence-corrected chi connectivity index (χ0v) is 21.1. The molecule has 0 radical (unpaired) electrons. The van der Waals surface area contributed by atoms with Crippen molar-refractivity contribution in [2.75, 3.05) is 45.1 Å². The summed E-state index contributed by atoms with van der Waals surface area (Å²) in [6.45, 7) is 5.32. The van der Waals surface area contributed by atoms with Gasteiger partial charge in [0.2, 0.25) is 0 Å². The highest BCUT2D eigenvalue weighted by Gasteiger charge is 2.26. The number of hydrogen-bond donors (Lipinski definition) is 2. The minimum Gasteiger partial charge on any atom is -0.481 e. The number of benzene rings is 1. The van der Waals surface area contributed by atoms with Crippen LogP contribution in [0.15, 0.2) is 42.5 Å². The van der Waals surface area contributed by atoms with Gasteiger partial charge in [-0.1, -0.05) is 36.4 Å². The number of likely N-dealkylation sites (tertiary alicyclic amines) is 1. The summed E-state index contributed by atoms with van der Waals surface area (Å²) in [4.78, 5) is 21.2. The number of hydrogen-bond acceptors (Lipinski definition) is 5. The second-order valence-corrected chi connectivity index (χ2v) is 9.72. The van der Waals surface area contributed by atoms with Crippen LogP contribution in [0.3, 0.4) is 0 Å². The van der Waals surface area contributed by atoms with Gasteiger partial charge in [0.1, 0.15) is 5.82 Å². The van der Waals surface area contributed by atoms with Crippen LogP contribution >= 0.6 is 12.4 Å². The molecular weight excluding hydrogens is 448 g/mol. The van der Waals surface area contributed by atoms with E-state index in [1.807, 2.05) is 30.3 Å². The maximum Gasteiger partial charge on any atom is 0.305 e. The minimum absolute atomic E-state index is 0. The molecule has 0 unspecified atom stereocenters. The van der Waals surface area contributed by atoms with E-state index in [1.54, 1.807) is 0 Å². The molecule has 1 aromatic heterocycles. The molecule has 7 heteroatoms. The van der Waals surface area contributed by atoms with Gasteiger partial charge in [0.05, 0.1) is 6.42 Å². The average Bonchev–Trinajstić information content (AvgIpc) is 2.83. The summed E-state index contributed by atoms with van der Waals surface area (Å²) in [7, 11) is 2.08. The van der Waals surface area contributed by atoms with Crippen LogP contribution in [0, 0.1) is 5.92 Å². The van der Waals surface area contributed by atoms with Crippen molar-refractivity contribution in [1.29, 1.82) is 0 Å². The van der Waals surface area contributed by atoms with Crippen molar-refractivity contribution in [2.24, 2.45) is 5.92 Å². The molecule has 34 heavy (non-hydrogen) atoms. The highest BCUT2D eigenvalue weighted by Crippen LogP contribution is 2.26. The monoisotopic (exact) mass is 486 g/mol. The van der Waals surface area contributed by atoms with Crippen LogP contribution < -0.4 is 5.32 Å². The third-order valence-corrected chi connectivity index (χ3v) is 7.09. The fourth-order valence-electron chi connectivity index (χ4n) is 5.40. The number of halogens is 1. The number of nitrogens with zero attached hydrogens (tertiary/aromatic N) is 3. The third kappa shape index (κ3) is 7.42. The van der Waals surface area contributed by atoms with Crippen molar-refractivity contribution in [3.63, 3.8) is 0 Å². The number of anilines is 1. The van der Waals surface area contributed by atoms with Gasteiger partial charge in [0.25, 0.3) is 0 Å². The first-order valence-corrected chi connectivity index (χ1v) is 12.5. The van der Waals surface area contributed by atoms with Gasteiger partial charge in [-0.25, -0.2) is 4.98 Å². The summed E-state index contributed by atoms with van der Waals surface area (Å²) in [5.74, 6) is 0.927. The summed E-state index contributed by atoms with van der Waals surface area (Å²) in [6.07, 6.45) is 7.05. The predicted molar refractivity (Wildman–Crippen MR) is 140 cm³/mol. The lowest BCUT2D eigenvalue weighted by Gasteiger charge is -2.37. The van der Waals surface area contributed by atoms with Gasteiger partial charge in [-0.05, 0) is 81.8 Å². The summed E-state index contributed by atoms with van der Waals surface area (Å²) in [6, 6.07) is 14.4. The molecule has 0 aliphatic carbocycles. The summed E-state index contributed by atoms with van der Waals surface area (Å²) >= 11 is 0. The van der Waals surface area contributed by atoms with Crippen LogP contribution in [0.25, 0.3) is 0 Å². The van der Waals surface area contributed by atoms with E-state index in [9.17, 15) is 9.90 Å². The molecule has 1 fully saturated rings. The number of aryl methyl sites for hydroxylation is 2. The number of pyridine rings is 1. The van der Waals surface area contributed by atoms with E-state index < -0.39 is 5.97 Å². The Hall–Kier alpha value is -2.15. The van der Waals surface area contributed by atoms with Crippen LogP contribution in [-0.2, 0) is 17.6 Å². The highest BCUT2D eigenvalue weighted by molar-refractivity contribution is 5.85. The molecule has 1 saturated heterocycles. The largest absolute Gasteiger partial charge is 0.481 e. The number of piperidine rings is 1. The van der Waals surface area contributed by atoms with E-state index in [-0.39, 0.29) is 24.9 Å². The molecule has 2 aliphatic rings. The summed E-state index contributed by atoms with van der Waals surface area (Å²) in [5.41, 5.74) is 3.63. The molecule has 1 aromatic carbocycles. The van der Waals surface area contributed by atoms with Crippen molar-refractivity contribution >= 4 is 24.2 Å². The molecule has 0 saturated carbocycles. The zero-order valence-electron chi connectivity index (χ0n) is 20.3. The van der Waals surface area contributed by atoms with Gasteiger partial charge in [-0.15, -0.1) is 12.4 Å². The number of carboxylic acid groups (broad SMARTS) is 1. The molecule has 0 bridgehead atoms. The van der Waals surface area contributed by atoms with Gasteiger partial charge < -0.3 is 15.3 Å². The van der Waals surface area contributed by atoms with Gasteiger partial charge >= 0.3 is 5.97 Å². The predicted octanol–water partition coefficient (Wildman–Crippen LogP) is 4.65. The number of rotatable bonds is 10. The van der Waals surface area contributed by atoms with Crippen molar-refractivity contribution in [3.8, 4) is 0 Å². The maximum absolute atomic E-state index is 11.5. The fraction of sp³-hybridized carbons (Fsp3) is 0.556. The quantitative estimate of drug-likeness (QED) is 0.509. The molecular formula is C27H39ClN4O2. The molecule has 3 heterocycles. The van der Waals surface area contributed by atoms with Gasteiger partial charge in [-0.2, -0.15) is 0 Å². The molecule has 2 N–H and O–H groups in total. The molecule has 4 rings (SSSR count). The molecule has 0 amide bonds.